The zero-order chi connectivity index (χ0) is 22.8. The van der Waals surface area contributed by atoms with Crippen LogP contribution in [0, 0.1) is 6.92 Å². The third-order valence-electron chi connectivity index (χ3n) is 4.10. The minimum atomic E-state index is -4.72. The number of carbonyl (C=O) groups excluding carboxylic acids is 2. The van der Waals surface area contributed by atoms with Crippen LogP contribution in [-0.2, 0) is 21.2 Å². The van der Waals surface area contributed by atoms with Crippen molar-refractivity contribution in [3.8, 4) is 10.6 Å². The molecule has 0 aliphatic carbocycles. The largest absolute Gasteiger partial charge is 0.351 e. The van der Waals surface area contributed by atoms with E-state index in [2.05, 4.69) is 15.6 Å². The molecule has 31 heavy (non-hydrogen) atoms. The molecule has 2 N–H and O–H groups in total. The molecule has 0 fully saturated rings. The van der Waals surface area contributed by atoms with E-state index in [-0.39, 0.29) is 11.5 Å². The maximum atomic E-state index is 12.6. The third kappa shape index (κ3) is 5.32. The topological polar surface area (TPSA) is 105 Å². The summed E-state index contributed by atoms with van der Waals surface area (Å²) in [6.07, 6.45) is 0. The third-order valence-corrected chi connectivity index (χ3v) is 7.48. The van der Waals surface area contributed by atoms with Gasteiger partial charge >= 0.3 is 5.76 Å². The summed E-state index contributed by atoms with van der Waals surface area (Å²) in [6, 6.07) is 8.05. The lowest BCUT2D eigenvalue weighted by atomic mass is 10.2. The number of benzene rings is 1. The molecular weight excluding hydrogens is 468 g/mol. The number of rotatable bonds is 7. The molecule has 7 nitrogen and oxygen atoms in total. The van der Waals surface area contributed by atoms with E-state index in [9.17, 15) is 26.8 Å². The predicted molar refractivity (Wildman–Crippen MR) is 115 cm³/mol. The van der Waals surface area contributed by atoms with Crippen LogP contribution in [-0.4, -0.2) is 31.0 Å². The summed E-state index contributed by atoms with van der Waals surface area (Å²) in [7, 11) is -4.72. The van der Waals surface area contributed by atoms with E-state index in [1.54, 1.807) is 0 Å². The zero-order valence-electron chi connectivity index (χ0n) is 16.3. The second kappa shape index (κ2) is 9.20. The predicted octanol–water partition coefficient (Wildman–Crippen LogP) is 4.06. The highest BCUT2D eigenvalue weighted by molar-refractivity contribution is 7.91. The Morgan fingerprint density at radius 1 is 1.10 bits per heavy atom. The van der Waals surface area contributed by atoms with Gasteiger partial charge in [-0.25, -0.2) is 13.4 Å². The Balaban J connectivity index is 1.73. The minimum Gasteiger partial charge on any atom is -0.351 e. The molecule has 2 aromatic heterocycles. The molecule has 0 radical (unpaired) electrons. The van der Waals surface area contributed by atoms with Crippen LogP contribution in [0.15, 0.2) is 41.3 Å². The number of nitrogens with one attached hydrogen (secondary N) is 2. The van der Waals surface area contributed by atoms with E-state index in [0.29, 0.717) is 17.4 Å². The fourth-order valence-corrected chi connectivity index (χ4v) is 5.16. The second-order valence-electron chi connectivity index (χ2n) is 6.38. The Morgan fingerprint density at radius 2 is 1.77 bits per heavy atom. The van der Waals surface area contributed by atoms with Crippen molar-refractivity contribution >= 4 is 49.5 Å². The Labute approximate surface area is 185 Å². The molecule has 0 unspecified atom stereocenters. The van der Waals surface area contributed by atoms with Crippen LogP contribution in [0.25, 0.3) is 10.6 Å². The first kappa shape index (κ1) is 23.0. The fourth-order valence-electron chi connectivity index (χ4n) is 2.56. The molecule has 164 valence electrons. The molecule has 3 aromatic rings. The summed E-state index contributed by atoms with van der Waals surface area (Å²) >= 11 is 2.75. The summed E-state index contributed by atoms with van der Waals surface area (Å²) < 4.78 is 48.2. The number of nitrogens with zero attached hydrogens (tertiary/aromatic N) is 1. The molecular formula is C19H17F2N3O4S3. The lowest BCUT2D eigenvalue weighted by Gasteiger charge is -2.05. The van der Waals surface area contributed by atoms with Gasteiger partial charge in [0.1, 0.15) is 0 Å². The summed E-state index contributed by atoms with van der Waals surface area (Å²) in [5.41, 5.74) is 0.814. The normalized spacial score (nSPS) is 11.5. The van der Waals surface area contributed by atoms with Crippen molar-refractivity contribution < 1.29 is 26.8 Å². The highest BCUT2D eigenvalue weighted by Gasteiger charge is 2.26. The van der Waals surface area contributed by atoms with E-state index in [1.165, 1.54) is 41.7 Å². The van der Waals surface area contributed by atoms with Gasteiger partial charge in [0.15, 0.2) is 5.13 Å². The zero-order valence-corrected chi connectivity index (χ0v) is 18.8. The van der Waals surface area contributed by atoms with Crippen molar-refractivity contribution in [2.75, 3.05) is 5.32 Å². The number of hydrogen-bond acceptors (Lipinski definition) is 7. The number of hydrogen-bond donors (Lipinski definition) is 2. The van der Waals surface area contributed by atoms with E-state index in [0.717, 1.165) is 26.8 Å². The van der Waals surface area contributed by atoms with Crippen LogP contribution < -0.4 is 10.6 Å². The maximum absolute atomic E-state index is 12.6. The molecule has 2 heterocycles. The number of sulfone groups is 1. The first-order valence-electron chi connectivity index (χ1n) is 8.82. The van der Waals surface area contributed by atoms with Crippen molar-refractivity contribution in [3.05, 3.63) is 51.7 Å². The highest BCUT2D eigenvalue weighted by Crippen LogP contribution is 2.35. The smallest absolute Gasteiger partial charge is 0.341 e. The first-order chi connectivity index (χ1) is 14.6. The Kier molecular flexibility index (Phi) is 6.82. The van der Waals surface area contributed by atoms with Crippen LogP contribution in [0.2, 0.25) is 0 Å². The van der Waals surface area contributed by atoms with Crippen molar-refractivity contribution in [1.29, 1.82) is 0 Å². The molecule has 0 bridgehead atoms. The number of amides is 2. The van der Waals surface area contributed by atoms with Crippen LogP contribution in [0.3, 0.4) is 0 Å². The van der Waals surface area contributed by atoms with Gasteiger partial charge in [0.05, 0.1) is 22.0 Å². The maximum Gasteiger partial charge on any atom is 0.341 e. The van der Waals surface area contributed by atoms with E-state index in [4.69, 9.17) is 0 Å². The second-order valence-corrected chi connectivity index (χ2v) is 10.7. The van der Waals surface area contributed by atoms with Crippen molar-refractivity contribution in [2.45, 2.75) is 31.0 Å². The van der Waals surface area contributed by atoms with E-state index >= 15 is 0 Å². The van der Waals surface area contributed by atoms with Gasteiger partial charge in [-0.1, -0.05) is 0 Å². The molecule has 0 saturated heterocycles. The number of thiophene rings is 1. The molecule has 1 aromatic carbocycles. The van der Waals surface area contributed by atoms with Gasteiger partial charge in [-0.05, 0) is 43.3 Å². The Bertz CT molecular complexity index is 1220. The van der Waals surface area contributed by atoms with E-state index < -0.39 is 26.4 Å². The Hall–Kier alpha value is -2.70. The number of aryl methyl sites for hydroxylation is 1. The number of halogens is 2. The first-order valence-corrected chi connectivity index (χ1v) is 12.0. The van der Waals surface area contributed by atoms with Crippen LogP contribution in [0.4, 0.5) is 13.9 Å². The quantitative estimate of drug-likeness (QED) is 0.525. The average molecular weight is 486 g/mol. The molecule has 0 aliphatic heterocycles. The van der Waals surface area contributed by atoms with Crippen molar-refractivity contribution in [3.63, 3.8) is 0 Å². The van der Waals surface area contributed by atoms with Crippen molar-refractivity contribution in [1.82, 2.24) is 10.3 Å². The summed E-state index contributed by atoms with van der Waals surface area (Å²) in [5, 5.41) is 5.71. The van der Waals surface area contributed by atoms with E-state index in [1.807, 2.05) is 19.1 Å². The molecule has 2 amide bonds. The van der Waals surface area contributed by atoms with Crippen LogP contribution in [0.1, 0.15) is 27.0 Å². The van der Waals surface area contributed by atoms with Gasteiger partial charge in [0, 0.05) is 22.2 Å². The number of anilines is 1. The summed E-state index contributed by atoms with van der Waals surface area (Å²) in [4.78, 5) is 30.1. The standard InChI is InChI=1S/C19H17F2N3O4S3/c1-10-16(15-8-5-13(30-15)9-22-11(2)25)23-19(29-10)24-17(26)12-3-6-14(7-4-12)31(27,28)18(20)21/h3-8,18H,9H2,1-2H3,(H,22,25)(H,23,24,26). The highest BCUT2D eigenvalue weighted by atomic mass is 32.2. The minimum absolute atomic E-state index is 0.108. The molecule has 3 rings (SSSR count). The summed E-state index contributed by atoms with van der Waals surface area (Å²) in [5.74, 6) is -4.19. The molecule has 0 atom stereocenters. The van der Waals surface area contributed by atoms with Crippen LogP contribution >= 0.6 is 22.7 Å². The molecule has 0 spiro atoms. The van der Waals surface area contributed by atoms with Gasteiger partial charge in [-0.3, -0.25) is 14.9 Å². The summed E-state index contributed by atoms with van der Waals surface area (Å²) in [6.45, 7) is 3.73. The monoisotopic (exact) mass is 485 g/mol. The lowest BCUT2D eigenvalue weighted by molar-refractivity contribution is -0.119. The Morgan fingerprint density at radius 3 is 2.39 bits per heavy atom. The van der Waals surface area contributed by atoms with Gasteiger partial charge in [-0.15, -0.1) is 22.7 Å². The molecule has 0 aliphatic rings. The number of thiazole rings is 1. The van der Waals surface area contributed by atoms with Crippen molar-refractivity contribution in [2.24, 2.45) is 0 Å². The number of carbonyl (C=O) groups is 2. The number of aromatic nitrogens is 1. The van der Waals surface area contributed by atoms with Gasteiger partial charge < -0.3 is 5.32 Å². The SMILES string of the molecule is CC(=O)NCc1ccc(-c2nc(NC(=O)c3ccc(S(=O)(=O)C(F)F)cc3)sc2C)s1. The van der Waals surface area contributed by atoms with Crippen LogP contribution in [0.5, 0.6) is 0 Å². The van der Waals surface area contributed by atoms with Gasteiger partial charge in [0.2, 0.25) is 15.7 Å². The van der Waals surface area contributed by atoms with Gasteiger partial charge in [0.25, 0.3) is 5.91 Å². The number of alkyl halides is 2. The average Bonchev–Trinajstić information content (AvgIpc) is 3.32. The van der Waals surface area contributed by atoms with Gasteiger partial charge in [-0.2, -0.15) is 8.78 Å². The fraction of sp³-hybridized carbons (Fsp3) is 0.211. The molecule has 12 heteroatoms. The molecule has 0 saturated carbocycles. The lowest BCUT2D eigenvalue weighted by Crippen LogP contribution is -2.17.